The fourth-order valence-corrected chi connectivity index (χ4v) is 3.42. The average molecular weight is 328 g/mol. The summed E-state index contributed by atoms with van der Waals surface area (Å²) in [5.41, 5.74) is 5.55. The molecular formula is C23H20O2. The Hall–Kier alpha value is -2.87. The Morgan fingerprint density at radius 2 is 1.52 bits per heavy atom. The summed E-state index contributed by atoms with van der Waals surface area (Å²) in [6.07, 6.45) is 2.59. The molecule has 0 unspecified atom stereocenters. The van der Waals surface area contributed by atoms with Crippen molar-refractivity contribution in [2.45, 2.75) is 25.9 Å². The Morgan fingerprint density at radius 1 is 0.760 bits per heavy atom. The molecule has 0 fully saturated rings. The maximum atomic E-state index is 12.1. The van der Waals surface area contributed by atoms with Gasteiger partial charge in [-0.05, 0) is 47.2 Å². The summed E-state index contributed by atoms with van der Waals surface area (Å²) >= 11 is 0. The van der Waals surface area contributed by atoms with Gasteiger partial charge in [-0.3, -0.25) is 4.79 Å². The maximum Gasteiger partial charge on any atom is 0.163 e. The zero-order valence-corrected chi connectivity index (χ0v) is 14.1. The molecule has 0 amide bonds. The Kier molecular flexibility index (Phi) is 4.34. The molecule has 0 atom stereocenters. The molecule has 25 heavy (non-hydrogen) atoms. The van der Waals surface area contributed by atoms with E-state index in [9.17, 15) is 4.79 Å². The third-order valence-electron chi connectivity index (χ3n) is 4.72. The molecule has 0 N–H and O–H groups in total. The molecule has 2 nitrogen and oxygen atoms in total. The monoisotopic (exact) mass is 328 g/mol. The van der Waals surface area contributed by atoms with Gasteiger partial charge in [-0.2, -0.15) is 0 Å². The van der Waals surface area contributed by atoms with Crippen molar-refractivity contribution in [2.75, 3.05) is 0 Å². The average Bonchev–Trinajstić information content (AvgIpc) is 2.68. The molecule has 2 heteroatoms. The summed E-state index contributed by atoms with van der Waals surface area (Å²) in [5.74, 6) is 1.12. The van der Waals surface area contributed by atoms with Crippen molar-refractivity contribution < 1.29 is 9.53 Å². The van der Waals surface area contributed by atoms with Crippen molar-refractivity contribution in [2.24, 2.45) is 0 Å². The molecule has 3 aromatic carbocycles. The molecule has 0 spiro atoms. The van der Waals surface area contributed by atoms with Crippen LogP contribution >= 0.6 is 0 Å². The van der Waals surface area contributed by atoms with Crippen LogP contribution in [0.2, 0.25) is 0 Å². The topological polar surface area (TPSA) is 26.3 Å². The Labute approximate surface area is 148 Å². The van der Waals surface area contributed by atoms with Crippen molar-refractivity contribution in [1.82, 2.24) is 0 Å². The number of ether oxygens (including phenoxy) is 1. The van der Waals surface area contributed by atoms with Gasteiger partial charge in [-0.15, -0.1) is 0 Å². The van der Waals surface area contributed by atoms with E-state index < -0.39 is 0 Å². The lowest BCUT2D eigenvalue weighted by atomic mass is 9.85. The van der Waals surface area contributed by atoms with E-state index in [2.05, 4.69) is 30.3 Å². The van der Waals surface area contributed by atoms with E-state index in [-0.39, 0.29) is 5.78 Å². The third-order valence-corrected chi connectivity index (χ3v) is 4.72. The number of hydrogen-bond donors (Lipinski definition) is 0. The zero-order chi connectivity index (χ0) is 17.1. The van der Waals surface area contributed by atoms with E-state index in [0.29, 0.717) is 13.0 Å². The highest BCUT2D eigenvalue weighted by Crippen LogP contribution is 2.32. The van der Waals surface area contributed by atoms with E-state index in [1.165, 1.54) is 11.1 Å². The van der Waals surface area contributed by atoms with Gasteiger partial charge >= 0.3 is 0 Å². The largest absolute Gasteiger partial charge is 0.489 e. The molecule has 3 aromatic rings. The van der Waals surface area contributed by atoms with Gasteiger partial charge in [0.1, 0.15) is 12.4 Å². The van der Waals surface area contributed by atoms with Crippen molar-refractivity contribution >= 4 is 5.78 Å². The molecule has 0 heterocycles. The van der Waals surface area contributed by atoms with Gasteiger partial charge in [0.2, 0.25) is 0 Å². The van der Waals surface area contributed by atoms with Crippen LogP contribution < -0.4 is 4.74 Å². The van der Waals surface area contributed by atoms with Crippen LogP contribution in [0.25, 0.3) is 11.1 Å². The van der Waals surface area contributed by atoms with Crippen LogP contribution in [-0.4, -0.2) is 5.78 Å². The molecule has 0 aliphatic heterocycles. The van der Waals surface area contributed by atoms with E-state index in [1.807, 2.05) is 42.5 Å². The second kappa shape index (κ2) is 6.94. The van der Waals surface area contributed by atoms with Gasteiger partial charge in [0.25, 0.3) is 0 Å². The molecular weight excluding hydrogens is 308 g/mol. The number of rotatable bonds is 4. The number of carbonyl (C=O) groups excluding carboxylic acids is 1. The molecule has 0 saturated carbocycles. The molecule has 4 rings (SSSR count). The van der Waals surface area contributed by atoms with E-state index >= 15 is 0 Å². The Morgan fingerprint density at radius 3 is 2.32 bits per heavy atom. The quantitative estimate of drug-likeness (QED) is 0.636. The fraction of sp³-hybridized carbons (Fsp3) is 0.174. The zero-order valence-electron chi connectivity index (χ0n) is 14.1. The smallest absolute Gasteiger partial charge is 0.163 e. The Bertz CT molecular complexity index is 880. The maximum absolute atomic E-state index is 12.1. The van der Waals surface area contributed by atoms with E-state index in [4.69, 9.17) is 4.74 Å². The molecule has 1 aliphatic rings. The van der Waals surface area contributed by atoms with Gasteiger partial charge in [-0.1, -0.05) is 60.7 Å². The predicted molar refractivity (Wildman–Crippen MR) is 99.9 cm³/mol. The second-order valence-corrected chi connectivity index (χ2v) is 6.41. The molecule has 0 aromatic heterocycles. The molecule has 0 saturated heterocycles. The van der Waals surface area contributed by atoms with Gasteiger partial charge < -0.3 is 4.74 Å². The molecule has 0 bridgehead atoms. The van der Waals surface area contributed by atoms with Gasteiger partial charge in [0.05, 0.1) is 0 Å². The van der Waals surface area contributed by atoms with Crippen molar-refractivity contribution in [3.05, 3.63) is 89.5 Å². The summed E-state index contributed by atoms with van der Waals surface area (Å²) in [5, 5.41) is 0. The first-order valence-corrected chi connectivity index (χ1v) is 8.73. The highest BCUT2D eigenvalue weighted by Gasteiger charge is 2.19. The van der Waals surface area contributed by atoms with Crippen LogP contribution in [0.3, 0.4) is 0 Å². The van der Waals surface area contributed by atoms with Gasteiger partial charge in [-0.25, -0.2) is 0 Å². The first-order valence-electron chi connectivity index (χ1n) is 8.73. The summed E-state index contributed by atoms with van der Waals surface area (Å²) < 4.78 is 5.86. The number of Topliss-reactive ketones (excluding diaryl/α,β-unsaturated/α-hetero) is 1. The number of fused-ring (bicyclic) bond motifs is 1. The highest BCUT2D eigenvalue weighted by atomic mass is 16.5. The standard InChI is InChI=1S/C23H20O2/c24-23-11-5-9-21-20(8-4-10-22(21)23)18-12-14-19(15-13-18)25-16-17-6-2-1-3-7-17/h1-4,6-8,10,12-15H,5,9,11,16H2. The lowest BCUT2D eigenvalue weighted by Crippen LogP contribution is -2.11. The third kappa shape index (κ3) is 3.34. The number of benzene rings is 3. The van der Waals surface area contributed by atoms with Crippen LogP contribution in [0.4, 0.5) is 0 Å². The van der Waals surface area contributed by atoms with E-state index in [0.717, 1.165) is 35.3 Å². The Balaban J connectivity index is 1.55. The summed E-state index contributed by atoms with van der Waals surface area (Å²) in [4.78, 5) is 12.1. The summed E-state index contributed by atoms with van der Waals surface area (Å²) in [6.45, 7) is 0.565. The van der Waals surface area contributed by atoms with E-state index in [1.54, 1.807) is 0 Å². The number of ketones is 1. The van der Waals surface area contributed by atoms with Gasteiger partial charge in [0, 0.05) is 12.0 Å². The van der Waals surface area contributed by atoms with Crippen molar-refractivity contribution in [1.29, 1.82) is 0 Å². The molecule has 124 valence electrons. The van der Waals surface area contributed by atoms with Crippen LogP contribution in [-0.2, 0) is 13.0 Å². The summed E-state index contributed by atoms with van der Waals surface area (Å²) in [7, 11) is 0. The minimum absolute atomic E-state index is 0.269. The van der Waals surface area contributed by atoms with Crippen LogP contribution in [0.5, 0.6) is 5.75 Å². The SMILES string of the molecule is O=C1CCCc2c1cccc2-c1ccc(OCc2ccccc2)cc1. The molecule has 0 radical (unpaired) electrons. The lowest BCUT2D eigenvalue weighted by molar-refractivity contribution is 0.0972. The second-order valence-electron chi connectivity index (χ2n) is 6.41. The van der Waals surface area contributed by atoms with Crippen LogP contribution in [0, 0.1) is 0 Å². The molecule has 1 aliphatic carbocycles. The first kappa shape index (κ1) is 15.6. The van der Waals surface area contributed by atoms with Gasteiger partial charge in [0.15, 0.2) is 5.78 Å². The van der Waals surface area contributed by atoms with Crippen LogP contribution in [0.15, 0.2) is 72.8 Å². The minimum atomic E-state index is 0.269. The van der Waals surface area contributed by atoms with Crippen molar-refractivity contribution in [3.63, 3.8) is 0 Å². The number of carbonyl (C=O) groups is 1. The summed E-state index contributed by atoms with van der Waals surface area (Å²) in [6, 6.07) is 24.4. The first-order chi connectivity index (χ1) is 12.3. The fourth-order valence-electron chi connectivity index (χ4n) is 3.42. The normalized spacial score (nSPS) is 13.4. The van der Waals surface area contributed by atoms with Crippen molar-refractivity contribution in [3.8, 4) is 16.9 Å². The predicted octanol–water partition coefficient (Wildman–Crippen LogP) is 5.45. The minimum Gasteiger partial charge on any atom is -0.489 e. The lowest BCUT2D eigenvalue weighted by Gasteiger charge is -2.18. The highest BCUT2D eigenvalue weighted by molar-refractivity contribution is 6.00. The van der Waals surface area contributed by atoms with Crippen LogP contribution in [0.1, 0.15) is 34.3 Å². The number of hydrogen-bond acceptors (Lipinski definition) is 2.